The number of epoxide rings is 1. The van der Waals surface area contributed by atoms with Crippen molar-refractivity contribution >= 4 is 0 Å². The SMILES string of the molecule is C[C@]12Cc3ccccc3C[C@H]1O2. The monoisotopic (exact) mass is 160 g/mol. The van der Waals surface area contributed by atoms with Crippen molar-refractivity contribution in [3.05, 3.63) is 35.4 Å². The molecule has 1 aliphatic carbocycles. The van der Waals surface area contributed by atoms with Gasteiger partial charge in [-0.15, -0.1) is 0 Å². The molecule has 2 aliphatic rings. The Bertz CT molecular complexity index is 332. The van der Waals surface area contributed by atoms with Gasteiger partial charge in [0, 0.05) is 12.8 Å². The van der Waals surface area contributed by atoms with Crippen molar-refractivity contribution in [2.24, 2.45) is 0 Å². The summed E-state index contributed by atoms with van der Waals surface area (Å²) in [5, 5.41) is 0. The van der Waals surface area contributed by atoms with Gasteiger partial charge in [-0.1, -0.05) is 24.3 Å². The Hall–Kier alpha value is -0.820. The average Bonchev–Trinajstić information content (AvgIpc) is 2.70. The van der Waals surface area contributed by atoms with E-state index >= 15 is 0 Å². The summed E-state index contributed by atoms with van der Waals surface area (Å²) < 4.78 is 5.65. The minimum absolute atomic E-state index is 0.189. The molecule has 1 aromatic carbocycles. The quantitative estimate of drug-likeness (QED) is 0.528. The fourth-order valence-corrected chi connectivity index (χ4v) is 2.21. The number of rotatable bonds is 0. The summed E-state index contributed by atoms with van der Waals surface area (Å²) in [5.41, 5.74) is 3.15. The molecule has 2 atom stereocenters. The molecule has 1 heterocycles. The smallest absolute Gasteiger partial charge is 0.0964 e. The summed E-state index contributed by atoms with van der Waals surface area (Å²) in [6, 6.07) is 8.67. The van der Waals surface area contributed by atoms with E-state index in [1.165, 1.54) is 11.1 Å². The summed E-state index contributed by atoms with van der Waals surface area (Å²) in [5.74, 6) is 0. The van der Waals surface area contributed by atoms with Crippen LogP contribution in [0.25, 0.3) is 0 Å². The molecule has 1 nitrogen and oxygen atoms in total. The molecule has 0 bridgehead atoms. The molecule has 1 heteroatoms. The molecule has 0 aromatic heterocycles. The molecule has 0 spiro atoms. The molecule has 1 fully saturated rings. The highest BCUT2D eigenvalue weighted by Crippen LogP contribution is 2.45. The Balaban J connectivity index is 2.06. The highest BCUT2D eigenvalue weighted by atomic mass is 16.6. The predicted molar refractivity (Wildman–Crippen MR) is 47.1 cm³/mol. The average molecular weight is 160 g/mol. The van der Waals surface area contributed by atoms with Crippen molar-refractivity contribution in [1.29, 1.82) is 0 Å². The topological polar surface area (TPSA) is 12.5 Å². The Morgan fingerprint density at radius 2 is 2.08 bits per heavy atom. The van der Waals surface area contributed by atoms with Gasteiger partial charge in [0.05, 0.1) is 11.7 Å². The van der Waals surface area contributed by atoms with Crippen LogP contribution in [0.2, 0.25) is 0 Å². The minimum atomic E-state index is 0.189. The predicted octanol–water partition coefficient (Wildman–Crippen LogP) is 1.94. The first-order chi connectivity index (χ1) is 5.78. The van der Waals surface area contributed by atoms with Gasteiger partial charge in [-0.3, -0.25) is 0 Å². The van der Waals surface area contributed by atoms with E-state index in [4.69, 9.17) is 4.74 Å². The second-order valence-electron chi connectivity index (χ2n) is 4.07. The summed E-state index contributed by atoms with van der Waals surface area (Å²) in [6.07, 6.45) is 2.73. The summed E-state index contributed by atoms with van der Waals surface area (Å²) in [4.78, 5) is 0. The van der Waals surface area contributed by atoms with Gasteiger partial charge in [0.2, 0.25) is 0 Å². The number of hydrogen-bond acceptors (Lipinski definition) is 1. The maximum Gasteiger partial charge on any atom is 0.0964 e. The van der Waals surface area contributed by atoms with Crippen molar-refractivity contribution in [3.63, 3.8) is 0 Å². The van der Waals surface area contributed by atoms with Crippen molar-refractivity contribution in [2.75, 3.05) is 0 Å². The summed E-state index contributed by atoms with van der Waals surface area (Å²) in [7, 11) is 0. The van der Waals surface area contributed by atoms with Crippen molar-refractivity contribution in [3.8, 4) is 0 Å². The van der Waals surface area contributed by atoms with Crippen LogP contribution >= 0.6 is 0 Å². The molecule has 0 amide bonds. The molecule has 3 rings (SSSR count). The van der Waals surface area contributed by atoms with E-state index in [0.717, 1.165) is 12.8 Å². The Morgan fingerprint density at radius 1 is 1.33 bits per heavy atom. The first-order valence-electron chi connectivity index (χ1n) is 4.52. The second-order valence-corrected chi connectivity index (χ2v) is 4.07. The van der Waals surface area contributed by atoms with Crippen molar-refractivity contribution < 1.29 is 4.74 Å². The third-order valence-electron chi connectivity index (χ3n) is 3.10. The zero-order valence-electron chi connectivity index (χ0n) is 7.21. The van der Waals surface area contributed by atoms with Gasteiger partial charge >= 0.3 is 0 Å². The molecular weight excluding hydrogens is 148 g/mol. The van der Waals surface area contributed by atoms with Gasteiger partial charge < -0.3 is 4.74 Å². The first kappa shape index (κ1) is 6.67. The molecule has 1 aliphatic heterocycles. The van der Waals surface area contributed by atoms with E-state index in [-0.39, 0.29) is 5.60 Å². The van der Waals surface area contributed by atoms with Crippen LogP contribution < -0.4 is 0 Å². The van der Waals surface area contributed by atoms with E-state index < -0.39 is 0 Å². The fraction of sp³-hybridized carbons (Fsp3) is 0.455. The third kappa shape index (κ3) is 0.774. The Labute approximate surface area is 72.4 Å². The molecule has 1 saturated heterocycles. The molecule has 0 saturated carbocycles. The van der Waals surface area contributed by atoms with E-state index in [0.29, 0.717) is 6.10 Å². The molecule has 0 unspecified atom stereocenters. The van der Waals surface area contributed by atoms with Crippen molar-refractivity contribution in [1.82, 2.24) is 0 Å². The number of ether oxygens (including phenoxy) is 1. The molecule has 12 heavy (non-hydrogen) atoms. The lowest BCUT2D eigenvalue weighted by molar-refractivity contribution is 0.312. The van der Waals surface area contributed by atoms with E-state index in [1.54, 1.807) is 0 Å². The van der Waals surface area contributed by atoms with Crippen molar-refractivity contribution in [2.45, 2.75) is 31.5 Å². The van der Waals surface area contributed by atoms with Gasteiger partial charge in [0.1, 0.15) is 0 Å². The summed E-state index contributed by atoms with van der Waals surface area (Å²) >= 11 is 0. The molecular formula is C11H12O. The lowest BCUT2D eigenvalue weighted by Crippen LogP contribution is -2.21. The highest BCUT2D eigenvalue weighted by molar-refractivity contribution is 5.35. The highest BCUT2D eigenvalue weighted by Gasteiger charge is 2.54. The maximum absolute atomic E-state index is 5.65. The zero-order chi connectivity index (χ0) is 8.18. The van der Waals surface area contributed by atoms with Gasteiger partial charge in [-0.2, -0.15) is 0 Å². The third-order valence-corrected chi connectivity index (χ3v) is 3.10. The molecule has 62 valence electrons. The lowest BCUT2D eigenvalue weighted by Gasteiger charge is -2.16. The van der Waals surface area contributed by atoms with Crippen LogP contribution in [0.5, 0.6) is 0 Å². The maximum atomic E-state index is 5.65. The lowest BCUT2D eigenvalue weighted by atomic mass is 9.85. The van der Waals surface area contributed by atoms with Crippen LogP contribution in [-0.4, -0.2) is 11.7 Å². The summed E-state index contributed by atoms with van der Waals surface area (Å²) in [6.45, 7) is 2.22. The van der Waals surface area contributed by atoms with E-state index in [1.807, 2.05) is 0 Å². The standard InChI is InChI=1S/C11H12O/c1-11-7-9-5-3-2-4-8(9)6-10(11)12-11/h2-5,10H,6-7H2,1H3/t10-,11+/m1/s1. The van der Waals surface area contributed by atoms with Crippen LogP contribution in [0, 0.1) is 0 Å². The van der Waals surface area contributed by atoms with Gasteiger partial charge in [0.25, 0.3) is 0 Å². The first-order valence-corrected chi connectivity index (χ1v) is 4.52. The minimum Gasteiger partial charge on any atom is -0.366 e. The second kappa shape index (κ2) is 1.91. The molecule has 0 radical (unpaired) electrons. The number of fused-ring (bicyclic) bond motifs is 2. The van der Waals surface area contributed by atoms with Gasteiger partial charge in [-0.05, 0) is 18.1 Å². The van der Waals surface area contributed by atoms with E-state index in [9.17, 15) is 0 Å². The van der Waals surface area contributed by atoms with E-state index in [2.05, 4.69) is 31.2 Å². The Morgan fingerprint density at radius 3 is 2.92 bits per heavy atom. The van der Waals surface area contributed by atoms with Crippen LogP contribution in [0.3, 0.4) is 0 Å². The van der Waals surface area contributed by atoms with Crippen LogP contribution in [0.1, 0.15) is 18.1 Å². The van der Waals surface area contributed by atoms with Gasteiger partial charge in [-0.25, -0.2) is 0 Å². The number of hydrogen-bond donors (Lipinski definition) is 0. The molecule has 1 aromatic rings. The largest absolute Gasteiger partial charge is 0.366 e. The Kier molecular flexibility index (Phi) is 1.06. The van der Waals surface area contributed by atoms with Gasteiger partial charge in [0.15, 0.2) is 0 Å². The van der Waals surface area contributed by atoms with Crippen LogP contribution in [0.15, 0.2) is 24.3 Å². The zero-order valence-corrected chi connectivity index (χ0v) is 7.21. The fourth-order valence-electron chi connectivity index (χ4n) is 2.21. The number of benzene rings is 1. The van der Waals surface area contributed by atoms with Crippen LogP contribution in [0.4, 0.5) is 0 Å². The van der Waals surface area contributed by atoms with Crippen LogP contribution in [-0.2, 0) is 17.6 Å². The molecule has 0 N–H and O–H groups in total. The normalized spacial score (nSPS) is 36.9.